The van der Waals surface area contributed by atoms with E-state index in [9.17, 15) is 14.4 Å². The average Bonchev–Trinajstić information content (AvgIpc) is 2.98. The van der Waals surface area contributed by atoms with Gasteiger partial charge < -0.3 is 15.4 Å². The number of rotatable bonds is 4. The third-order valence-electron chi connectivity index (χ3n) is 2.75. The Balaban J connectivity index is 2.03. The second-order valence-corrected chi connectivity index (χ2v) is 4.99. The van der Waals surface area contributed by atoms with Crippen LogP contribution in [0.3, 0.4) is 0 Å². The molecule has 1 fully saturated rings. The van der Waals surface area contributed by atoms with E-state index in [1.165, 1.54) is 11.3 Å². The quantitative estimate of drug-likeness (QED) is 0.807. The normalized spacial score (nSPS) is 17.9. The summed E-state index contributed by atoms with van der Waals surface area (Å²) in [6, 6.07) is 1.61. The summed E-state index contributed by atoms with van der Waals surface area (Å²) in [5, 5.41) is 7.45. The third kappa shape index (κ3) is 3.11. The van der Waals surface area contributed by atoms with Crippen LogP contribution in [-0.4, -0.2) is 30.9 Å². The van der Waals surface area contributed by atoms with Crippen LogP contribution in [0.4, 0.5) is 5.00 Å². The summed E-state index contributed by atoms with van der Waals surface area (Å²) in [7, 11) is 0. The van der Waals surface area contributed by atoms with Gasteiger partial charge in [0.15, 0.2) is 0 Å². The lowest BCUT2D eigenvalue weighted by molar-refractivity contribution is -0.123. The highest BCUT2D eigenvalue weighted by Crippen LogP contribution is 2.25. The van der Waals surface area contributed by atoms with Crippen LogP contribution in [0.1, 0.15) is 23.7 Å². The van der Waals surface area contributed by atoms with E-state index in [-0.39, 0.29) is 30.8 Å². The number of amides is 2. The van der Waals surface area contributed by atoms with Crippen LogP contribution in [0.5, 0.6) is 0 Å². The molecule has 102 valence electrons. The Labute approximate surface area is 114 Å². The molecule has 0 aromatic carbocycles. The van der Waals surface area contributed by atoms with Gasteiger partial charge >= 0.3 is 5.97 Å². The monoisotopic (exact) mass is 282 g/mol. The first-order chi connectivity index (χ1) is 9.11. The van der Waals surface area contributed by atoms with Gasteiger partial charge in [0, 0.05) is 13.0 Å². The molecule has 1 saturated heterocycles. The second-order valence-electron chi connectivity index (χ2n) is 4.08. The van der Waals surface area contributed by atoms with Crippen molar-refractivity contribution >= 4 is 34.1 Å². The Hall–Kier alpha value is -1.89. The van der Waals surface area contributed by atoms with Gasteiger partial charge in [0.05, 0.1) is 18.1 Å². The largest absolute Gasteiger partial charge is 0.462 e. The van der Waals surface area contributed by atoms with Crippen LogP contribution in [-0.2, 0) is 14.3 Å². The van der Waals surface area contributed by atoms with E-state index in [4.69, 9.17) is 4.74 Å². The molecule has 2 rings (SSSR count). The molecule has 1 unspecified atom stereocenters. The number of ether oxygens (including phenoxy) is 1. The molecule has 2 amide bonds. The van der Waals surface area contributed by atoms with Gasteiger partial charge in [-0.05, 0) is 18.4 Å². The molecule has 2 N–H and O–H groups in total. The maximum atomic E-state index is 11.9. The van der Waals surface area contributed by atoms with Crippen molar-refractivity contribution in [2.24, 2.45) is 5.92 Å². The molecule has 0 aliphatic carbocycles. The number of thiophene rings is 1. The molecule has 1 aliphatic heterocycles. The number of hydrogen-bond acceptors (Lipinski definition) is 5. The molecule has 0 spiro atoms. The van der Waals surface area contributed by atoms with Crippen molar-refractivity contribution in [1.82, 2.24) is 5.32 Å². The Kier molecular flexibility index (Phi) is 4.16. The molecule has 0 radical (unpaired) electrons. The van der Waals surface area contributed by atoms with Gasteiger partial charge in [-0.2, -0.15) is 0 Å². The van der Waals surface area contributed by atoms with Crippen LogP contribution >= 0.6 is 11.3 Å². The number of nitrogens with one attached hydrogen (secondary N) is 2. The molecular formula is C12H14N2O4S. The zero-order valence-corrected chi connectivity index (χ0v) is 11.2. The smallest absolute Gasteiger partial charge is 0.341 e. The van der Waals surface area contributed by atoms with Gasteiger partial charge in [-0.15, -0.1) is 11.3 Å². The van der Waals surface area contributed by atoms with E-state index in [1.807, 2.05) is 0 Å². The van der Waals surface area contributed by atoms with Gasteiger partial charge in [-0.25, -0.2) is 4.79 Å². The molecule has 6 nitrogen and oxygen atoms in total. The summed E-state index contributed by atoms with van der Waals surface area (Å²) in [5.41, 5.74) is 0.345. The topological polar surface area (TPSA) is 84.5 Å². The summed E-state index contributed by atoms with van der Waals surface area (Å²) in [6.07, 6.45) is 0.186. The Morgan fingerprint density at radius 3 is 3.00 bits per heavy atom. The van der Waals surface area contributed by atoms with E-state index in [2.05, 4.69) is 10.6 Å². The Bertz CT molecular complexity index is 512. The molecule has 1 atom stereocenters. The first kappa shape index (κ1) is 13.5. The molecule has 19 heavy (non-hydrogen) atoms. The van der Waals surface area contributed by atoms with E-state index < -0.39 is 5.97 Å². The van der Waals surface area contributed by atoms with Crippen molar-refractivity contribution in [2.45, 2.75) is 13.3 Å². The molecule has 1 aliphatic rings. The number of hydrogen-bond donors (Lipinski definition) is 2. The van der Waals surface area contributed by atoms with Gasteiger partial charge in [0.1, 0.15) is 5.00 Å². The van der Waals surface area contributed by atoms with E-state index in [0.29, 0.717) is 17.1 Å². The second kappa shape index (κ2) is 5.83. The predicted octanol–water partition coefficient (Wildman–Crippen LogP) is 0.999. The van der Waals surface area contributed by atoms with Crippen LogP contribution < -0.4 is 10.6 Å². The van der Waals surface area contributed by atoms with E-state index in [0.717, 1.165) is 0 Å². The first-order valence-electron chi connectivity index (χ1n) is 5.94. The van der Waals surface area contributed by atoms with Gasteiger partial charge in [-0.3, -0.25) is 9.59 Å². The van der Waals surface area contributed by atoms with Crippen molar-refractivity contribution in [3.8, 4) is 0 Å². The standard InChI is InChI=1S/C12H14N2O4S/c1-2-18-12(17)8-3-4-19-11(8)14-10(16)7-5-9(15)13-6-7/h3-4,7H,2,5-6H2,1H3,(H,13,15)(H,14,16). The fourth-order valence-corrected chi connectivity index (χ4v) is 2.56. The number of anilines is 1. The minimum atomic E-state index is -0.459. The molecule has 1 aromatic rings. The van der Waals surface area contributed by atoms with Crippen molar-refractivity contribution in [2.75, 3.05) is 18.5 Å². The molecule has 7 heteroatoms. The Morgan fingerprint density at radius 1 is 1.58 bits per heavy atom. The molecule has 2 heterocycles. The van der Waals surface area contributed by atoms with E-state index >= 15 is 0 Å². The highest BCUT2D eigenvalue weighted by molar-refractivity contribution is 7.14. The summed E-state index contributed by atoms with van der Waals surface area (Å²) in [4.78, 5) is 34.6. The molecular weight excluding hydrogens is 268 g/mol. The third-order valence-corrected chi connectivity index (χ3v) is 3.58. The van der Waals surface area contributed by atoms with Crippen LogP contribution in [0.25, 0.3) is 0 Å². The lowest BCUT2D eigenvalue weighted by Crippen LogP contribution is -2.25. The zero-order chi connectivity index (χ0) is 13.8. The van der Waals surface area contributed by atoms with Crippen molar-refractivity contribution < 1.29 is 19.1 Å². The van der Waals surface area contributed by atoms with Crippen molar-refractivity contribution in [3.63, 3.8) is 0 Å². The number of carbonyl (C=O) groups excluding carboxylic acids is 3. The summed E-state index contributed by atoms with van der Waals surface area (Å²) < 4.78 is 4.90. The number of esters is 1. The Morgan fingerprint density at radius 2 is 2.37 bits per heavy atom. The van der Waals surface area contributed by atoms with Gasteiger partial charge in [0.2, 0.25) is 11.8 Å². The minimum Gasteiger partial charge on any atom is -0.462 e. The highest BCUT2D eigenvalue weighted by atomic mass is 32.1. The van der Waals surface area contributed by atoms with Gasteiger partial charge in [0.25, 0.3) is 0 Å². The van der Waals surface area contributed by atoms with Gasteiger partial charge in [-0.1, -0.05) is 0 Å². The summed E-state index contributed by atoms with van der Waals surface area (Å²) >= 11 is 1.25. The first-order valence-corrected chi connectivity index (χ1v) is 6.82. The van der Waals surface area contributed by atoms with Crippen molar-refractivity contribution in [1.29, 1.82) is 0 Å². The highest BCUT2D eigenvalue weighted by Gasteiger charge is 2.29. The maximum absolute atomic E-state index is 11.9. The molecule has 1 aromatic heterocycles. The summed E-state index contributed by atoms with van der Waals surface area (Å²) in [6.45, 7) is 2.34. The molecule has 0 bridgehead atoms. The van der Waals surface area contributed by atoms with Crippen LogP contribution in [0.15, 0.2) is 11.4 Å². The van der Waals surface area contributed by atoms with E-state index in [1.54, 1.807) is 18.4 Å². The lowest BCUT2D eigenvalue weighted by atomic mass is 10.1. The maximum Gasteiger partial charge on any atom is 0.341 e. The lowest BCUT2D eigenvalue weighted by Gasteiger charge is -2.09. The fraction of sp³-hybridized carbons (Fsp3) is 0.417. The number of carbonyl (C=O) groups is 3. The van der Waals surface area contributed by atoms with Crippen molar-refractivity contribution in [3.05, 3.63) is 17.0 Å². The molecule has 0 saturated carbocycles. The zero-order valence-electron chi connectivity index (χ0n) is 10.4. The predicted molar refractivity (Wildman–Crippen MR) is 70.0 cm³/mol. The fourth-order valence-electron chi connectivity index (χ4n) is 1.78. The SMILES string of the molecule is CCOC(=O)c1ccsc1NC(=O)C1CNC(=O)C1. The van der Waals surface area contributed by atoms with Crippen LogP contribution in [0.2, 0.25) is 0 Å². The van der Waals surface area contributed by atoms with Crippen LogP contribution in [0, 0.1) is 5.92 Å². The average molecular weight is 282 g/mol. The summed E-state index contributed by atoms with van der Waals surface area (Å²) in [5.74, 6) is -1.23. The minimum absolute atomic E-state index is 0.128.